The molecule has 0 saturated carbocycles. The number of aromatic nitrogens is 1. The molecular weight excluding hydrogens is 394 g/mol. The van der Waals surface area contributed by atoms with Crippen LogP contribution in [0.3, 0.4) is 0 Å². The van der Waals surface area contributed by atoms with Crippen molar-refractivity contribution in [3.63, 3.8) is 0 Å². The molecule has 2 heterocycles. The molecule has 1 aliphatic rings. The first kappa shape index (κ1) is 22.2. The number of hydrogen-bond donors (Lipinski definition) is 1. The summed E-state index contributed by atoms with van der Waals surface area (Å²) < 4.78 is 0. The van der Waals surface area contributed by atoms with Crippen LogP contribution in [0.5, 0.6) is 0 Å². The molecule has 1 aromatic heterocycles. The lowest BCUT2D eigenvalue weighted by molar-refractivity contribution is -0.133. The van der Waals surface area contributed by atoms with Gasteiger partial charge in [-0.3, -0.25) is 9.78 Å². The van der Waals surface area contributed by atoms with Crippen LogP contribution in [0.1, 0.15) is 30.4 Å². The standard InChI is InChI=1S/C28H33N3O/c1-29-27(32)28(21-24-11-13-25(14-12-24)26-10-5-17-30-22-26)15-19-31(20-16-28)18-6-9-23-7-3-2-4-8-23/h2-5,7-8,10-14,17,22H,6,9,15-16,18-21H2,1H3,(H,29,32). The van der Waals surface area contributed by atoms with E-state index in [1.807, 2.05) is 12.3 Å². The fraction of sp³-hybridized carbons (Fsp3) is 0.357. The van der Waals surface area contributed by atoms with Gasteiger partial charge in [0.25, 0.3) is 0 Å². The van der Waals surface area contributed by atoms with Crippen molar-refractivity contribution in [3.8, 4) is 11.1 Å². The molecule has 0 radical (unpaired) electrons. The van der Waals surface area contributed by atoms with Gasteiger partial charge in [0.2, 0.25) is 5.91 Å². The first-order chi connectivity index (χ1) is 15.7. The third-order valence-electron chi connectivity index (χ3n) is 6.80. The third kappa shape index (κ3) is 5.43. The van der Waals surface area contributed by atoms with Crippen LogP contribution in [0.4, 0.5) is 0 Å². The SMILES string of the molecule is CNC(=O)C1(Cc2ccc(-c3cccnc3)cc2)CCN(CCCc2ccccc2)CC1. The Kier molecular flexibility index (Phi) is 7.33. The molecule has 0 aliphatic carbocycles. The number of rotatable bonds is 8. The van der Waals surface area contributed by atoms with Crippen LogP contribution in [0.15, 0.2) is 79.1 Å². The van der Waals surface area contributed by atoms with Crippen molar-refractivity contribution in [2.45, 2.75) is 32.1 Å². The number of nitrogens with one attached hydrogen (secondary N) is 1. The van der Waals surface area contributed by atoms with Gasteiger partial charge in [-0.2, -0.15) is 0 Å². The van der Waals surface area contributed by atoms with Crippen LogP contribution in [-0.4, -0.2) is 42.5 Å². The van der Waals surface area contributed by atoms with Gasteiger partial charge in [-0.1, -0.05) is 60.7 Å². The quantitative estimate of drug-likeness (QED) is 0.564. The van der Waals surface area contributed by atoms with Crippen molar-refractivity contribution >= 4 is 5.91 Å². The van der Waals surface area contributed by atoms with Gasteiger partial charge >= 0.3 is 0 Å². The topological polar surface area (TPSA) is 45.2 Å². The number of hydrogen-bond acceptors (Lipinski definition) is 3. The molecule has 2 aromatic carbocycles. The maximum Gasteiger partial charge on any atom is 0.226 e. The molecule has 1 fully saturated rings. The monoisotopic (exact) mass is 427 g/mol. The van der Waals surface area contributed by atoms with Gasteiger partial charge < -0.3 is 10.2 Å². The first-order valence-electron chi connectivity index (χ1n) is 11.7. The summed E-state index contributed by atoms with van der Waals surface area (Å²) >= 11 is 0. The predicted molar refractivity (Wildman–Crippen MR) is 130 cm³/mol. The summed E-state index contributed by atoms with van der Waals surface area (Å²) in [6, 6.07) is 23.3. The van der Waals surface area contributed by atoms with Crippen molar-refractivity contribution in [2.75, 3.05) is 26.7 Å². The van der Waals surface area contributed by atoms with Crippen LogP contribution in [0.25, 0.3) is 11.1 Å². The highest BCUT2D eigenvalue weighted by molar-refractivity contribution is 5.83. The zero-order chi connectivity index (χ0) is 22.2. The number of carbonyl (C=O) groups excluding carboxylic acids is 1. The van der Waals surface area contributed by atoms with E-state index in [9.17, 15) is 4.79 Å². The number of nitrogens with zero attached hydrogens (tertiary/aromatic N) is 2. The maximum atomic E-state index is 12.9. The summed E-state index contributed by atoms with van der Waals surface area (Å²) in [6.07, 6.45) is 8.55. The smallest absolute Gasteiger partial charge is 0.226 e. The van der Waals surface area contributed by atoms with Crippen molar-refractivity contribution in [2.24, 2.45) is 5.41 Å². The molecule has 4 nitrogen and oxygen atoms in total. The molecule has 0 atom stereocenters. The van der Waals surface area contributed by atoms with Gasteiger partial charge in [0.15, 0.2) is 0 Å². The zero-order valence-corrected chi connectivity index (χ0v) is 19.0. The van der Waals surface area contributed by atoms with Crippen molar-refractivity contribution in [1.82, 2.24) is 15.2 Å². The molecule has 0 unspecified atom stereocenters. The number of piperidine rings is 1. The second kappa shape index (κ2) is 10.6. The summed E-state index contributed by atoms with van der Waals surface area (Å²) in [5.41, 5.74) is 4.58. The van der Waals surface area contributed by atoms with E-state index in [1.165, 1.54) is 11.1 Å². The minimum atomic E-state index is -0.319. The summed E-state index contributed by atoms with van der Waals surface area (Å²) in [4.78, 5) is 19.7. The molecule has 1 N–H and O–H groups in total. The van der Waals surface area contributed by atoms with Gasteiger partial charge in [-0.15, -0.1) is 0 Å². The minimum Gasteiger partial charge on any atom is -0.359 e. The highest BCUT2D eigenvalue weighted by Crippen LogP contribution is 2.36. The second-order valence-electron chi connectivity index (χ2n) is 8.91. The van der Waals surface area contributed by atoms with E-state index in [2.05, 4.69) is 75.9 Å². The number of carbonyl (C=O) groups is 1. The largest absolute Gasteiger partial charge is 0.359 e. The molecule has 1 saturated heterocycles. The number of aryl methyl sites for hydroxylation is 1. The van der Waals surface area contributed by atoms with Gasteiger partial charge in [0.05, 0.1) is 5.41 Å². The normalized spacial score (nSPS) is 15.9. The van der Waals surface area contributed by atoms with Gasteiger partial charge in [-0.25, -0.2) is 0 Å². The fourth-order valence-electron chi connectivity index (χ4n) is 4.84. The van der Waals surface area contributed by atoms with E-state index >= 15 is 0 Å². The average molecular weight is 428 g/mol. The van der Waals surface area contributed by atoms with Crippen LogP contribution >= 0.6 is 0 Å². The van der Waals surface area contributed by atoms with E-state index in [0.29, 0.717) is 0 Å². The molecule has 4 rings (SSSR count). The minimum absolute atomic E-state index is 0.178. The number of benzene rings is 2. The lowest BCUT2D eigenvalue weighted by Crippen LogP contribution is -2.49. The number of pyridine rings is 1. The van der Waals surface area contributed by atoms with E-state index in [0.717, 1.165) is 62.9 Å². The van der Waals surface area contributed by atoms with E-state index in [4.69, 9.17) is 0 Å². The Hall–Kier alpha value is -2.98. The fourth-order valence-corrected chi connectivity index (χ4v) is 4.84. The van der Waals surface area contributed by atoms with E-state index < -0.39 is 0 Å². The van der Waals surface area contributed by atoms with E-state index in [1.54, 1.807) is 13.2 Å². The molecular formula is C28H33N3O. The number of likely N-dealkylation sites (tertiary alicyclic amines) is 1. The van der Waals surface area contributed by atoms with Crippen molar-refractivity contribution in [1.29, 1.82) is 0 Å². The molecule has 3 aromatic rings. The van der Waals surface area contributed by atoms with Crippen LogP contribution < -0.4 is 5.32 Å². The molecule has 1 aliphatic heterocycles. The lowest BCUT2D eigenvalue weighted by Gasteiger charge is -2.40. The summed E-state index contributed by atoms with van der Waals surface area (Å²) in [7, 11) is 1.77. The third-order valence-corrected chi connectivity index (χ3v) is 6.80. The van der Waals surface area contributed by atoms with Crippen LogP contribution in [0, 0.1) is 5.41 Å². The van der Waals surface area contributed by atoms with E-state index in [-0.39, 0.29) is 11.3 Å². The van der Waals surface area contributed by atoms with Gasteiger partial charge in [0.1, 0.15) is 0 Å². The predicted octanol–water partition coefficient (Wildman–Crippen LogP) is 4.75. The molecule has 0 spiro atoms. The zero-order valence-electron chi connectivity index (χ0n) is 19.0. The molecule has 4 heteroatoms. The van der Waals surface area contributed by atoms with Gasteiger partial charge in [-0.05, 0) is 80.1 Å². The lowest BCUT2D eigenvalue weighted by atomic mass is 9.73. The highest BCUT2D eigenvalue weighted by Gasteiger charge is 2.40. The molecule has 166 valence electrons. The second-order valence-corrected chi connectivity index (χ2v) is 8.91. The first-order valence-corrected chi connectivity index (χ1v) is 11.7. The Morgan fingerprint density at radius 3 is 2.34 bits per heavy atom. The highest BCUT2D eigenvalue weighted by atomic mass is 16.2. The Labute approximate surface area is 191 Å². The Morgan fingerprint density at radius 1 is 0.938 bits per heavy atom. The molecule has 32 heavy (non-hydrogen) atoms. The van der Waals surface area contributed by atoms with Crippen LogP contribution in [-0.2, 0) is 17.6 Å². The Balaban J connectivity index is 1.35. The Morgan fingerprint density at radius 2 is 1.69 bits per heavy atom. The van der Waals surface area contributed by atoms with Crippen LogP contribution in [0.2, 0.25) is 0 Å². The molecule has 0 bridgehead atoms. The summed E-state index contributed by atoms with van der Waals surface area (Å²) in [5.74, 6) is 0.178. The maximum absolute atomic E-state index is 12.9. The number of amides is 1. The summed E-state index contributed by atoms with van der Waals surface area (Å²) in [5, 5.41) is 2.95. The van der Waals surface area contributed by atoms with Crippen molar-refractivity contribution in [3.05, 3.63) is 90.3 Å². The summed E-state index contributed by atoms with van der Waals surface area (Å²) in [6.45, 7) is 3.06. The van der Waals surface area contributed by atoms with Gasteiger partial charge in [0, 0.05) is 19.4 Å². The molecule has 1 amide bonds. The van der Waals surface area contributed by atoms with Crippen molar-refractivity contribution < 1.29 is 4.79 Å². The Bertz CT molecular complexity index is 978. The average Bonchev–Trinajstić information content (AvgIpc) is 2.86.